The molecule has 0 radical (unpaired) electrons. The number of Topliss-reactive ketones (excluding diaryl/α,β-unsaturated/α-hetero) is 1. The van der Waals surface area contributed by atoms with E-state index in [9.17, 15) is 19.7 Å². The van der Waals surface area contributed by atoms with E-state index < -0.39 is 27.7 Å². The number of carbonyl (C=O) groups excluding carboxylic acids is 2. The van der Waals surface area contributed by atoms with Gasteiger partial charge >= 0.3 is 12.0 Å². The molecule has 0 aliphatic rings. The molecule has 7 heteroatoms. The zero-order valence-electron chi connectivity index (χ0n) is 10.0. The molecule has 0 heterocycles. The number of nitrogens with zero attached hydrogens (tertiary/aromatic N) is 1. The second-order valence-electron chi connectivity index (χ2n) is 3.56. The van der Waals surface area contributed by atoms with Crippen molar-refractivity contribution >= 4 is 27.7 Å². The Labute approximate surface area is 108 Å². The van der Waals surface area contributed by atoms with Gasteiger partial charge in [0, 0.05) is 11.3 Å². The number of hydrogen-bond donors (Lipinski definition) is 0. The predicted molar refractivity (Wildman–Crippen MR) is 64.6 cm³/mol. The van der Waals surface area contributed by atoms with Crippen LogP contribution in [0.25, 0.3) is 0 Å². The van der Waals surface area contributed by atoms with Gasteiger partial charge in [-0.25, -0.2) is 4.79 Å². The first-order chi connectivity index (χ1) is 7.86. The third kappa shape index (κ3) is 4.41. The second kappa shape index (κ2) is 7.37. The number of halogens is 1. The van der Waals surface area contributed by atoms with Crippen molar-refractivity contribution in [2.75, 3.05) is 6.61 Å². The van der Waals surface area contributed by atoms with E-state index in [1.807, 2.05) is 0 Å². The van der Waals surface area contributed by atoms with Crippen LogP contribution in [0, 0.1) is 16.0 Å². The fourth-order valence-electron chi connectivity index (χ4n) is 1.37. The average Bonchev–Trinajstić information content (AvgIpc) is 2.26. The van der Waals surface area contributed by atoms with Crippen LogP contribution in [0.5, 0.6) is 0 Å². The van der Waals surface area contributed by atoms with Gasteiger partial charge in [-0.05, 0) is 6.92 Å². The molecule has 0 fully saturated rings. The summed E-state index contributed by atoms with van der Waals surface area (Å²) in [6, 6.07) is -1.52. The van der Waals surface area contributed by atoms with Gasteiger partial charge in [0.25, 0.3) is 0 Å². The summed E-state index contributed by atoms with van der Waals surface area (Å²) in [7, 11) is 0. The highest BCUT2D eigenvalue weighted by Crippen LogP contribution is 2.21. The van der Waals surface area contributed by atoms with Gasteiger partial charge in [-0.2, -0.15) is 0 Å². The zero-order chi connectivity index (χ0) is 13.6. The second-order valence-corrected chi connectivity index (χ2v) is 4.55. The number of ketones is 1. The Hall–Kier alpha value is -0.980. The molecule has 17 heavy (non-hydrogen) atoms. The van der Waals surface area contributed by atoms with E-state index in [4.69, 9.17) is 0 Å². The van der Waals surface area contributed by atoms with E-state index in [2.05, 4.69) is 20.7 Å². The minimum Gasteiger partial charge on any atom is -0.461 e. The van der Waals surface area contributed by atoms with Gasteiger partial charge in [0.1, 0.15) is 5.78 Å². The molecule has 0 N–H and O–H groups in total. The molecule has 0 bridgehead atoms. The first kappa shape index (κ1) is 16.0. The summed E-state index contributed by atoms with van der Waals surface area (Å²) in [5.41, 5.74) is 0. The maximum atomic E-state index is 11.4. The Morgan fingerprint density at radius 3 is 2.29 bits per heavy atom. The summed E-state index contributed by atoms with van der Waals surface area (Å²) in [6.07, 6.45) is 0.257. The molecule has 0 aliphatic heterocycles. The molecule has 0 saturated heterocycles. The van der Waals surface area contributed by atoms with Crippen LogP contribution in [0.3, 0.4) is 0 Å². The molecule has 3 atom stereocenters. The predicted octanol–water partition coefficient (Wildman–Crippen LogP) is 1.57. The molecule has 0 aromatic heterocycles. The summed E-state index contributed by atoms with van der Waals surface area (Å²) in [5.74, 6) is -1.83. The van der Waals surface area contributed by atoms with Crippen LogP contribution in [-0.2, 0) is 14.3 Å². The fraction of sp³-hybridized carbons (Fsp3) is 0.800. The highest BCUT2D eigenvalue weighted by molar-refractivity contribution is 9.10. The normalized spacial score (nSPS) is 15.8. The van der Waals surface area contributed by atoms with E-state index in [1.165, 1.54) is 6.92 Å². The third-order valence-corrected chi connectivity index (χ3v) is 3.72. The van der Waals surface area contributed by atoms with Crippen LogP contribution in [-0.4, -0.2) is 34.2 Å². The first-order valence-corrected chi connectivity index (χ1v) is 6.25. The van der Waals surface area contributed by atoms with Crippen molar-refractivity contribution in [3.05, 3.63) is 10.1 Å². The van der Waals surface area contributed by atoms with E-state index in [0.29, 0.717) is 0 Å². The zero-order valence-corrected chi connectivity index (χ0v) is 11.6. The maximum absolute atomic E-state index is 11.4. The van der Waals surface area contributed by atoms with Crippen molar-refractivity contribution in [1.29, 1.82) is 0 Å². The Bertz CT molecular complexity index is 307. The Morgan fingerprint density at radius 2 is 1.94 bits per heavy atom. The lowest BCUT2D eigenvalue weighted by atomic mass is 9.95. The van der Waals surface area contributed by atoms with Gasteiger partial charge in [-0.3, -0.25) is 14.9 Å². The first-order valence-electron chi connectivity index (χ1n) is 5.33. The van der Waals surface area contributed by atoms with Gasteiger partial charge in [0.05, 0.1) is 17.4 Å². The molecule has 0 spiro atoms. The van der Waals surface area contributed by atoms with Crippen molar-refractivity contribution in [2.45, 2.75) is 38.1 Å². The van der Waals surface area contributed by atoms with Crippen LogP contribution >= 0.6 is 15.9 Å². The number of esters is 1. The summed E-state index contributed by atoms with van der Waals surface area (Å²) in [6.45, 7) is 4.79. The van der Waals surface area contributed by atoms with Crippen LogP contribution in [0.15, 0.2) is 0 Å². The van der Waals surface area contributed by atoms with Crippen molar-refractivity contribution in [3.8, 4) is 0 Å². The number of alkyl halides is 1. The lowest BCUT2D eigenvalue weighted by molar-refractivity contribution is -0.518. The monoisotopic (exact) mass is 309 g/mol. The number of rotatable bonds is 7. The molecule has 0 rings (SSSR count). The lowest BCUT2D eigenvalue weighted by Crippen LogP contribution is -2.42. The van der Waals surface area contributed by atoms with Crippen LogP contribution < -0.4 is 0 Å². The number of carbonyl (C=O) groups is 2. The average molecular weight is 310 g/mol. The minimum absolute atomic E-state index is 0.0740. The molecular weight excluding hydrogens is 294 g/mol. The van der Waals surface area contributed by atoms with Gasteiger partial charge in [0.2, 0.25) is 0 Å². The standard InChI is InChI=1S/C10H16BrNO5/c1-4-7(13)8(11)6(3)9(12(15)16)10(14)17-5-2/h6,8-9H,4-5H2,1-3H3. The van der Waals surface area contributed by atoms with Crippen molar-refractivity contribution in [2.24, 2.45) is 5.92 Å². The number of hydrogen-bond acceptors (Lipinski definition) is 5. The molecule has 3 unspecified atom stereocenters. The van der Waals surface area contributed by atoms with Crippen LogP contribution in [0.2, 0.25) is 0 Å². The fourth-order valence-corrected chi connectivity index (χ4v) is 1.98. The van der Waals surface area contributed by atoms with Gasteiger partial charge in [-0.15, -0.1) is 0 Å². The molecule has 0 aliphatic carbocycles. The molecule has 98 valence electrons. The Morgan fingerprint density at radius 1 is 1.41 bits per heavy atom. The van der Waals surface area contributed by atoms with Gasteiger partial charge in [-0.1, -0.05) is 29.8 Å². The van der Waals surface area contributed by atoms with Crippen molar-refractivity contribution < 1.29 is 19.2 Å². The minimum atomic E-state index is -1.52. The molecule has 0 amide bonds. The van der Waals surface area contributed by atoms with E-state index >= 15 is 0 Å². The Kier molecular flexibility index (Phi) is 6.94. The topological polar surface area (TPSA) is 86.5 Å². The highest BCUT2D eigenvalue weighted by Gasteiger charge is 2.42. The SMILES string of the molecule is CCOC(=O)C(C(C)C(Br)C(=O)CC)[N+](=O)[O-]. The third-order valence-electron chi connectivity index (χ3n) is 2.37. The molecular formula is C10H16BrNO5. The van der Waals surface area contributed by atoms with E-state index in [1.54, 1.807) is 13.8 Å². The molecule has 0 aromatic carbocycles. The lowest BCUT2D eigenvalue weighted by Gasteiger charge is -2.19. The van der Waals surface area contributed by atoms with Crippen LogP contribution in [0.1, 0.15) is 27.2 Å². The summed E-state index contributed by atoms with van der Waals surface area (Å²) in [5, 5.41) is 10.8. The Balaban J connectivity index is 4.88. The van der Waals surface area contributed by atoms with Gasteiger partial charge < -0.3 is 4.74 Å². The van der Waals surface area contributed by atoms with Crippen molar-refractivity contribution in [3.63, 3.8) is 0 Å². The maximum Gasteiger partial charge on any atom is 0.381 e. The molecule has 0 aromatic rings. The number of nitro groups is 1. The largest absolute Gasteiger partial charge is 0.461 e. The molecule has 0 saturated carbocycles. The quantitative estimate of drug-likeness (QED) is 0.308. The molecule has 6 nitrogen and oxygen atoms in total. The van der Waals surface area contributed by atoms with E-state index in [-0.39, 0.29) is 18.8 Å². The van der Waals surface area contributed by atoms with Gasteiger partial charge in [0.15, 0.2) is 0 Å². The van der Waals surface area contributed by atoms with Crippen LogP contribution in [0.4, 0.5) is 0 Å². The van der Waals surface area contributed by atoms with E-state index in [0.717, 1.165) is 0 Å². The smallest absolute Gasteiger partial charge is 0.381 e. The number of ether oxygens (including phenoxy) is 1. The summed E-state index contributed by atoms with van der Waals surface area (Å²) < 4.78 is 4.64. The highest BCUT2D eigenvalue weighted by atomic mass is 79.9. The summed E-state index contributed by atoms with van der Waals surface area (Å²) in [4.78, 5) is 32.3. The van der Waals surface area contributed by atoms with Crippen molar-refractivity contribution in [1.82, 2.24) is 0 Å². The summed E-state index contributed by atoms with van der Waals surface area (Å²) >= 11 is 3.10.